The fourth-order valence-electron chi connectivity index (χ4n) is 4.45. The fourth-order valence-corrected chi connectivity index (χ4v) is 4.45. The van der Waals surface area contributed by atoms with Crippen LogP contribution in [-0.4, -0.2) is 42.1 Å². The summed E-state index contributed by atoms with van der Waals surface area (Å²) < 4.78 is 0. The molecule has 4 atom stereocenters. The van der Waals surface area contributed by atoms with Crippen molar-refractivity contribution in [3.63, 3.8) is 0 Å². The van der Waals surface area contributed by atoms with Crippen molar-refractivity contribution in [1.82, 2.24) is 16.0 Å². The number of carbonyl (C=O) groups excluding carboxylic acids is 4. The van der Waals surface area contributed by atoms with E-state index in [4.69, 9.17) is 0 Å². The second-order valence-corrected chi connectivity index (χ2v) is 10.9. The maximum absolute atomic E-state index is 13.2. The van der Waals surface area contributed by atoms with Crippen LogP contribution >= 0.6 is 0 Å². The lowest BCUT2D eigenvalue weighted by molar-refractivity contribution is -0.131. The lowest BCUT2D eigenvalue weighted by Gasteiger charge is -2.24. The number of hydrogen-bond acceptors (Lipinski definition) is 4. The number of ketones is 1. The predicted molar refractivity (Wildman–Crippen MR) is 152 cm³/mol. The second kappa shape index (κ2) is 22.1. The van der Waals surface area contributed by atoms with Gasteiger partial charge in [0.2, 0.25) is 17.7 Å². The summed E-state index contributed by atoms with van der Waals surface area (Å²) in [5.41, 5.74) is 0. The number of rotatable bonds is 23. The van der Waals surface area contributed by atoms with Crippen molar-refractivity contribution in [2.75, 3.05) is 6.54 Å². The lowest BCUT2D eigenvalue weighted by Crippen LogP contribution is -2.51. The second-order valence-electron chi connectivity index (χ2n) is 10.9. The Kier molecular flexibility index (Phi) is 21.0. The molecule has 0 heterocycles. The van der Waals surface area contributed by atoms with Gasteiger partial charge in [0.1, 0.15) is 11.8 Å². The molecule has 4 unspecified atom stereocenters. The summed E-state index contributed by atoms with van der Waals surface area (Å²) in [6, 6.07) is -0.901. The Morgan fingerprint density at radius 2 is 1.11 bits per heavy atom. The first-order valence-electron chi connectivity index (χ1n) is 15.0. The van der Waals surface area contributed by atoms with Crippen molar-refractivity contribution in [3.05, 3.63) is 0 Å². The molecule has 0 aromatic carbocycles. The molecule has 7 heteroatoms. The minimum absolute atomic E-state index is 0.00359. The molecule has 0 saturated carbocycles. The molecular formula is C30H57N3O4. The molecule has 0 aliphatic carbocycles. The Bertz CT molecular complexity index is 653. The lowest BCUT2D eigenvalue weighted by atomic mass is 10.00. The molecule has 0 fully saturated rings. The van der Waals surface area contributed by atoms with E-state index in [0.717, 1.165) is 70.6 Å². The highest BCUT2D eigenvalue weighted by atomic mass is 16.2. The average molecular weight is 524 g/mol. The van der Waals surface area contributed by atoms with Crippen molar-refractivity contribution in [2.24, 2.45) is 11.8 Å². The third-order valence-corrected chi connectivity index (χ3v) is 7.01. The van der Waals surface area contributed by atoms with E-state index in [2.05, 4.69) is 36.7 Å². The van der Waals surface area contributed by atoms with Crippen LogP contribution in [0, 0.1) is 11.8 Å². The fraction of sp³-hybridized carbons (Fsp3) is 0.867. The molecule has 3 N–H and O–H groups in total. The van der Waals surface area contributed by atoms with Gasteiger partial charge in [-0.05, 0) is 39.0 Å². The van der Waals surface area contributed by atoms with E-state index >= 15 is 0 Å². The van der Waals surface area contributed by atoms with E-state index in [-0.39, 0.29) is 47.8 Å². The minimum atomic E-state index is -0.592. The predicted octanol–water partition coefficient (Wildman–Crippen LogP) is 5.84. The van der Waals surface area contributed by atoms with E-state index in [1.54, 1.807) is 0 Å². The molecule has 0 radical (unpaired) electrons. The van der Waals surface area contributed by atoms with Gasteiger partial charge < -0.3 is 16.0 Å². The van der Waals surface area contributed by atoms with Crippen LogP contribution in [0.25, 0.3) is 0 Å². The number of nitrogens with one attached hydrogen (secondary N) is 3. The van der Waals surface area contributed by atoms with E-state index in [0.29, 0.717) is 25.8 Å². The number of unbranched alkanes of at least 4 members (excludes halogenated alkanes) is 6. The van der Waals surface area contributed by atoms with Crippen LogP contribution in [0.1, 0.15) is 138 Å². The van der Waals surface area contributed by atoms with Gasteiger partial charge in [-0.15, -0.1) is 0 Å². The van der Waals surface area contributed by atoms with Gasteiger partial charge in [0.15, 0.2) is 0 Å². The summed E-state index contributed by atoms with van der Waals surface area (Å²) >= 11 is 0. The van der Waals surface area contributed by atoms with Crippen LogP contribution in [0.3, 0.4) is 0 Å². The van der Waals surface area contributed by atoms with Crippen molar-refractivity contribution in [3.8, 4) is 0 Å². The van der Waals surface area contributed by atoms with Crippen molar-refractivity contribution in [1.29, 1.82) is 0 Å². The SMILES string of the molecule is CCCCCC(C)C(=O)NCCCC(CC(C)=O)NC(=O)C(CCCCC)NC(=O)C(C)CCCCC. The minimum Gasteiger partial charge on any atom is -0.356 e. The molecule has 216 valence electrons. The molecular weight excluding hydrogens is 466 g/mol. The molecule has 0 saturated heterocycles. The van der Waals surface area contributed by atoms with E-state index in [1.165, 1.54) is 6.92 Å². The summed E-state index contributed by atoms with van der Waals surface area (Å²) in [5.74, 6) is -0.355. The number of hydrogen-bond donors (Lipinski definition) is 3. The van der Waals surface area contributed by atoms with Crippen LogP contribution in [-0.2, 0) is 19.2 Å². The van der Waals surface area contributed by atoms with E-state index < -0.39 is 6.04 Å². The van der Waals surface area contributed by atoms with Crippen LogP contribution in [0.2, 0.25) is 0 Å². The first kappa shape index (κ1) is 35.1. The van der Waals surface area contributed by atoms with E-state index in [9.17, 15) is 19.2 Å². The standard InChI is InChI=1S/C30H57N3O4/c1-7-10-13-17-23(4)28(35)31-21-16-19-26(22-25(6)34)32-30(37)27(20-15-12-9-3)33-29(36)24(5)18-14-11-8-2/h23-24,26-27H,7-22H2,1-6H3,(H,31,35)(H,32,37)(H,33,36). The first-order valence-corrected chi connectivity index (χ1v) is 15.0. The Morgan fingerprint density at radius 1 is 0.595 bits per heavy atom. The summed E-state index contributed by atoms with van der Waals surface area (Å²) in [6.45, 7) is 12.3. The topological polar surface area (TPSA) is 104 Å². The summed E-state index contributed by atoms with van der Waals surface area (Å²) in [5, 5.41) is 9.01. The van der Waals surface area contributed by atoms with Gasteiger partial charge in [-0.3, -0.25) is 19.2 Å². The number of amides is 3. The molecule has 0 spiro atoms. The molecule has 0 rings (SSSR count). The number of carbonyl (C=O) groups is 4. The third kappa shape index (κ3) is 18.1. The van der Waals surface area contributed by atoms with Crippen molar-refractivity contribution < 1.29 is 19.2 Å². The molecule has 3 amide bonds. The van der Waals surface area contributed by atoms with Crippen LogP contribution < -0.4 is 16.0 Å². The quantitative estimate of drug-likeness (QED) is 0.146. The van der Waals surface area contributed by atoms with Gasteiger partial charge in [-0.2, -0.15) is 0 Å². The van der Waals surface area contributed by atoms with E-state index in [1.807, 2.05) is 13.8 Å². The molecule has 0 aliphatic rings. The summed E-state index contributed by atoms with van der Waals surface area (Å²) in [7, 11) is 0. The zero-order chi connectivity index (χ0) is 28.1. The molecule has 0 aliphatic heterocycles. The highest BCUT2D eigenvalue weighted by Crippen LogP contribution is 2.13. The summed E-state index contributed by atoms with van der Waals surface area (Å²) in [4.78, 5) is 50.2. The molecule has 7 nitrogen and oxygen atoms in total. The Morgan fingerprint density at radius 3 is 1.62 bits per heavy atom. The van der Waals surface area contributed by atoms with Gasteiger partial charge in [0.05, 0.1) is 0 Å². The Hall–Kier alpha value is -1.92. The maximum Gasteiger partial charge on any atom is 0.242 e. The zero-order valence-electron chi connectivity index (χ0n) is 24.8. The zero-order valence-corrected chi connectivity index (χ0v) is 24.8. The normalized spacial score (nSPS) is 14.3. The van der Waals surface area contributed by atoms with Crippen LogP contribution in [0.5, 0.6) is 0 Å². The third-order valence-electron chi connectivity index (χ3n) is 7.01. The summed E-state index contributed by atoms with van der Waals surface area (Å²) in [6.07, 6.45) is 13.3. The van der Waals surface area contributed by atoms with Gasteiger partial charge in [0, 0.05) is 30.8 Å². The largest absolute Gasteiger partial charge is 0.356 e. The van der Waals surface area contributed by atoms with Gasteiger partial charge >= 0.3 is 0 Å². The van der Waals surface area contributed by atoms with Gasteiger partial charge in [0.25, 0.3) is 0 Å². The highest BCUT2D eigenvalue weighted by Gasteiger charge is 2.25. The highest BCUT2D eigenvalue weighted by molar-refractivity contribution is 5.89. The van der Waals surface area contributed by atoms with Crippen molar-refractivity contribution in [2.45, 2.75) is 150 Å². The molecule has 0 bridgehead atoms. The smallest absolute Gasteiger partial charge is 0.242 e. The van der Waals surface area contributed by atoms with Crippen LogP contribution in [0.4, 0.5) is 0 Å². The van der Waals surface area contributed by atoms with Gasteiger partial charge in [-0.25, -0.2) is 0 Å². The van der Waals surface area contributed by atoms with Crippen LogP contribution in [0.15, 0.2) is 0 Å². The molecule has 0 aromatic rings. The Labute approximate surface area is 227 Å². The van der Waals surface area contributed by atoms with Gasteiger partial charge in [-0.1, -0.05) is 92.4 Å². The Balaban J connectivity index is 4.91. The number of Topliss-reactive ketones (excluding diaryl/α,β-unsaturated/α-hetero) is 1. The van der Waals surface area contributed by atoms with Crippen molar-refractivity contribution >= 4 is 23.5 Å². The first-order chi connectivity index (χ1) is 17.7. The average Bonchev–Trinajstić information content (AvgIpc) is 2.85. The monoisotopic (exact) mass is 523 g/mol. The molecule has 0 aromatic heterocycles. The maximum atomic E-state index is 13.2. The molecule has 37 heavy (non-hydrogen) atoms.